The van der Waals surface area contributed by atoms with E-state index >= 15 is 0 Å². The highest BCUT2D eigenvalue weighted by molar-refractivity contribution is 7.86. The predicted molar refractivity (Wildman–Crippen MR) is 144 cm³/mol. The molecular weight excluding hydrogens is 580 g/mol. The largest absolute Gasteiger partial charge is 0.483 e. The predicted octanol–water partition coefficient (Wildman–Crippen LogP) is 5.52. The van der Waals surface area contributed by atoms with Crippen molar-refractivity contribution in [2.24, 2.45) is 0 Å². The molecule has 0 saturated carbocycles. The monoisotopic (exact) mass is 600 g/mol. The lowest BCUT2D eigenvalue weighted by atomic mass is 10.00. The topological polar surface area (TPSA) is 127 Å². The second-order valence-corrected chi connectivity index (χ2v) is 11.2. The van der Waals surface area contributed by atoms with Crippen LogP contribution in [0.3, 0.4) is 0 Å². The number of halogens is 4. The normalized spacial score (nSPS) is 14.9. The second-order valence-electron chi connectivity index (χ2n) is 9.88. The fourth-order valence-corrected chi connectivity index (χ4v) is 5.85. The maximum Gasteiger partial charge on any atom is 0.422 e. The van der Waals surface area contributed by atoms with E-state index in [1.807, 2.05) is 4.57 Å². The Kier molecular flexibility index (Phi) is 6.66. The van der Waals surface area contributed by atoms with Crippen LogP contribution < -0.4 is 10.2 Å². The van der Waals surface area contributed by atoms with E-state index in [1.165, 1.54) is 12.1 Å². The number of hydrogen-bond acceptors (Lipinski definition) is 7. The number of aromatic amines is 1. The van der Waals surface area contributed by atoms with Gasteiger partial charge in [-0.2, -0.15) is 26.9 Å². The van der Waals surface area contributed by atoms with Gasteiger partial charge in [0.15, 0.2) is 12.0 Å². The molecule has 2 aromatic carbocycles. The summed E-state index contributed by atoms with van der Waals surface area (Å²) in [6.07, 6.45) is -1.67. The first kappa shape index (κ1) is 27.7. The van der Waals surface area contributed by atoms with E-state index in [0.717, 1.165) is 18.5 Å². The summed E-state index contributed by atoms with van der Waals surface area (Å²) in [5.41, 5.74) is 1.12. The molecule has 0 unspecified atom stereocenters. The fourth-order valence-electron chi connectivity index (χ4n) is 5.39. The van der Waals surface area contributed by atoms with E-state index in [0.29, 0.717) is 53.7 Å². The zero-order valence-corrected chi connectivity index (χ0v) is 22.4. The lowest BCUT2D eigenvalue weighted by Crippen LogP contribution is -2.23. The van der Waals surface area contributed by atoms with Crippen molar-refractivity contribution in [2.75, 3.05) is 19.8 Å². The molecule has 4 heterocycles. The van der Waals surface area contributed by atoms with Gasteiger partial charge in [0.25, 0.3) is 0 Å². The minimum atomic E-state index is -5.19. The molecule has 1 saturated heterocycles. The molecule has 42 heavy (non-hydrogen) atoms. The molecule has 5 aromatic rings. The Labute approximate surface area is 235 Å². The summed E-state index contributed by atoms with van der Waals surface area (Å²) >= 11 is 0. The van der Waals surface area contributed by atoms with Crippen molar-refractivity contribution in [3.63, 3.8) is 0 Å². The van der Waals surface area contributed by atoms with Crippen LogP contribution in [0, 0.1) is 11.3 Å². The number of hydrogen-bond donors (Lipinski definition) is 1. The van der Waals surface area contributed by atoms with Crippen LogP contribution in [-0.2, 0) is 15.0 Å². The number of fused-ring (bicyclic) bond motifs is 4. The lowest BCUT2D eigenvalue weighted by Gasteiger charge is -2.28. The summed E-state index contributed by atoms with van der Waals surface area (Å²) in [7, 11) is -5.19. The number of pyridine rings is 2. The molecule has 0 amide bonds. The molecule has 1 N–H and O–H groups in total. The molecule has 1 aliphatic rings. The number of rotatable bonds is 5. The molecule has 216 valence electrons. The van der Waals surface area contributed by atoms with Crippen molar-refractivity contribution in [3.8, 4) is 22.9 Å². The van der Waals surface area contributed by atoms with Crippen LogP contribution in [0.4, 0.5) is 17.1 Å². The molecular formula is C28H20F4N4O5S. The average molecular weight is 601 g/mol. The molecule has 9 nitrogen and oxygen atoms in total. The van der Waals surface area contributed by atoms with E-state index in [4.69, 9.17) is 9.47 Å². The number of nitrogens with zero attached hydrogens (tertiary/aromatic N) is 3. The minimum Gasteiger partial charge on any atom is -0.483 e. The molecule has 6 rings (SSSR count). The van der Waals surface area contributed by atoms with Crippen molar-refractivity contribution < 1.29 is 34.9 Å². The first-order valence-electron chi connectivity index (χ1n) is 12.7. The van der Waals surface area contributed by atoms with E-state index in [9.17, 15) is 35.5 Å². The highest BCUT2D eigenvalue weighted by atomic mass is 32.3. The minimum absolute atomic E-state index is 0.0211. The first-order chi connectivity index (χ1) is 19.9. The summed E-state index contributed by atoms with van der Waals surface area (Å²) in [6, 6.07) is 10.2. The van der Waals surface area contributed by atoms with E-state index < -0.39 is 33.3 Å². The summed E-state index contributed by atoms with van der Waals surface area (Å²) in [4.78, 5) is 20.2. The van der Waals surface area contributed by atoms with Gasteiger partial charge >= 0.3 is 16.4 Å². The molecule has 0 aliphatic carbocycles. The standard InChI is InChI=1S/C28H20F4N4O5S/c29-28(30,31)14-41-24-10-21-23(9-20(24)16-8-18(13-34-12-16)42(32,38)39)36(17-3-5-40-6-4-17)27-25(26(21)37)19-2-1-15(11-33)7-22(19)35-27/h1-2,7-10,12-13,17,35H,3-6,14H2. The second kappa shape index (κ2) is 10.1. The van der Waals surface area contributed by atoms with Gasteiger partial charge in [-0.05, 0) is 43.2 Å². The molecule has 0 bridgehead atoms. The molecule has 14 heteroatoms. The number of nitriles is 1. The van der Waals surface area contributed by atoms with Crippen molar-refractivity contribution in [1.82, 2.24) is 14.5 Å². The van der Waals surface area contributed by atoms with Crippen molar-refractivity contribution in [3.05, 3.63) is 64.6 Å². The van der Waals surface area contributed by atoms with E-state index in [2.05, 4.69) is 16.0 Å². The van der Waals surface area contributed by atoms with Crippen molar-refractivity contribution >= 4 is 43.1 Å². The zero-order chi connectivity index (χ0) is 29.8. The van der Waals surface area contributed by atoms with Gasteiger partial charge < -0.3 is 19.0 Å². The molecule has 1 aliphatic heterocycles. The van der Waals surface area contributed by atoms with Gasteiger partial charge in [-0.1, -0.05) is 6.07 Å². The summed E-state index contributed by atoms with van der Waals surface area (Å²) < 4.78 is 89.2. The van der Waals surface area contributed by atoms with E-state index in [1.54, 1.807) is 18.2 Å². The van der Waals surface area contributed by atoms with Crippen LogP contribution in [0.2, 0.25) is 0 Å². The number of aromatic nitrogens is 3. The summed E-state index contributed by atoms with van der Waals surface area (Å²) in [5.74, 6) is -0.364. The number of nitrogens with one attached hydrogen (secondary N) is 1. The molecule has 0 radical (unpaired) electrons. The first-order valence-corrected chi connectivity index (χ1v) is 14.1. The SMILES string of the molecule is N#Cc1ccc2c(c1)[nH]c1c2c(=O)c2cc(OCC(F)(F)F)c(-c3cncc(S(=O)(=O)F)c3)cc2n1C1CCOCC1. The van der Waals surface area contributed by atoms with Crippen molar-refractivity contribution in [2.45, 2.75) is 30.0 Å². The Morgan fingerprint density at radius 3 is 2.57 bits per heavy atom. The Hall–Kier alpha value is -4.48. The van der Waals surface area contributed by atoms with Gasteiger partial charge in [0.1, 0.15) is 16.3 Å². The smallest absolute Gasteiger partial charge is 0.422 e. The lowest BCUT2D eigenvalue weighted by molar-refractivity contribution is -0.153. The molecule has 0 spiro atoms. The number of benzene rings is 2. The van der Waals surface area contributed by atoms with Crippen molar-refractivity contribution in [1.29, 1.82) is 5.26 Å². The van der Waals surface area contributed by atoms with Crippen LogP contribution >= 0.6 is 0 Å². The van der Waals surface area contributed by atoms with Crippen LogP contribution in [-0.4, -0.2) is 48.9 Å². The van der Waals surface area contributed by atoms with Gasteiger partial charge in [0, 0.05) is 53.7 Å². The van der Waals surface area contributed by atoms with Gasteiger partial charge in [-0.25, -0.2) is 0 Å². The Balaban J connectivity index is 1.72. The number of alkyl halides is 3. The van der Waals surface area contributed by atoms with Crippen LogP contribution in [0.15, 0.2) is 58.5 Å². The number of H-pyrrole nitrogens is 1. The maximum atomic E-state index is 14.0. The summed E-state index contributed by atoms with van der Waals surface area (Å²) in [5, 5.41) is 10.3. The molecule has 0 atom stereocenters. The van der Waals surface area contributed by atoms with Gasteiger partial charge in [0.05, 0.1) is 27.9 Å². The third kappa shape index (κ3) is 4.94. The van der Waals surface area contributed by atoms with Crippen LogP contribution in [0.1, 0.15) is 24.4 Å². The Bertz CT molecular complexity index is 2090. The highest BCUT2D eigenvalue weighted by Crippen LogP contribution is 2.39. The average Bonchev–Trinajstić information content (AvgIpc) is 3.34. The zero-order valence-electron chi connectivity index (χ0n) is 21.5. The molecule has 3 aromatic heterocycles. The Morgan fingerprint density at radius 2 is 1.88 bits per heavy atom. The highest BCUT2D eigenvalue weighted by Gasteiger charge is 2.30. The third-order valence-corrected chi connectivity index (χ3v) is 8.02. The maximum absolute atomic E-state index is 14.0. The van der Waals surface area contributed by atoms with Gasteiger partial charge in [-0.15, -0.1) is 3.89 Å². The summed E-state index contributed by atoms with van der Waals surface area (Å²) in [6.45, 7) is -0.836. The van der Waals surface area contributed by atoms with Crippen LogP contribution in [0.5, 0.6) is 5.75 Å². The van der Waals surface area contributed by atoms with Gasteiger partial charge in [-0.3, -0.25) is 9.78 Å². The molecule has 1 fully saturated rings. The number of ether oxygens (including phenoxy) is 2. The third-order valence-electron chi connectivity index (χ3n) is 7.23. The quantitative estimate of drug-likeness (QED) is 0.208. The van der Waals surface area contributed by atoms with E-state index in [-0.39, 0.29) is 33.7 Å². The van der Waals surface area contributed by atoms with Crippen LogP contribution in [0.25, 0.3) is 44.0 Å². The van der Waals surface area contributed by atoms with Gasteiger partial charge in [0.2, 0.25) is 0 Å². The fraction of sp³-hybridized carbons (Fsp3) is 0.250. The Morgan fingerprint density at radius 1 is 1.12 bits per heavy atom.